The highest BCUT2D eigenvalue weighted by atomic mass is 31.2. The molecule has 1 aromatic carbocycles. The van der Waals surface area contributed by atoms with Crippen molar-refractivity contribution in [1.29, 1.82) is 0 Å². The van der Waals surface area contributed by atoms with Crippen molar-refractivity contribution in [2.45, 2.75) is 25.2 Å². The number of aromatic amines is 1. The minimum absolute atomic E-state index is 0.107. The van der Waals surface area contributed by atoms with Gasteiger partial charge >= 0.3 is 13.5 Å². The van der Waals surface area contributed by atoms with Crippen LogP contribution in [0.15, 0.2) is 63.7 Å². The zero-order valence-electron chi connectivity index (χ0n) is 14.7. The van der Waals surface area contributed by atoms with Crippen molar-refractivity contribution in [1.82, 2.24) is 9.55 Å². The molecule has 0 spiro atoms. The molecule has 0 aliphatic carbocycles. The van der Waals surface area contributed by atoms with Crippen LogP contribution in [0.3, 0.4) is 0 Å². The van der Waals surface area contributed by atoms with Gasteiger partial charge in [0.05, 0.1) is 0 Å². The van der Waals surface area contributed by atoms with Crippen molar-refractivity contribution in [3.05, 3.63) is 75.0 Å². The molecule has 3 atom stereocenters. The molecule has 10 nitrogen and oxygen atoms in total. The molecule has 11 heteroatoms. The number of nitrogens with zero attached hydrogens (tertiary/aromatic N) is 1. The van der Waals surface area contributed by atoms with Crippen molar-refractivity contribution in [3.63, 3.8) is 0 Å². The maximum atomic E-state index is 12.8. The number of phosphoric acid groups is 1. The normalized spacial score (nSPS) is 29.4. The third-order valence-electron chi connectivity index (χ3n) is 4.26. The molecular formula is C17H17N2O8P. The highest BCUT2D eigenvalue weighted by Crippen LogP contribution is 2.57. The summed E-state index contributed by atoms with van der Waals surface area (Å²) in [6, 6.07) is 9.52. The van der Waals surface area contributed by atoms with Crippen LogP contribution in [0.1, 0.15) is 19.6 Å². The van der Waals surface area contributed by atoms with E-state index in [1.807, 2.05) is 0 Å². The van der Waals surface area contributed by atoms with E-state index in [0.29, 0.717) is 5.75 Å². The van der Waals surface area contributed by atoms with Gasteiger partial charge in [0.25, 0.3) is 5.56 Å². The van der Waals surface area contributed by atoms with E-state index in [1.165, 1.54) is 13.1 Å². The molecule has 0 fully saturated rings. The van der Waals surface area contributed by atoms with Gasteiger partial charge in [-0.25, -0.2) is 9.36 Å². The Hall–Kier alpha value is -2.81. The lowest BCUT2D eigenvalue weighted by Gasteiger charge is -2.41. The van der Waals surface area contributed by atoms with Crippen LogP contribution in [0.4, 0.5) is 0 Å². The minimum Gasteiger partial charge on any atom is -0.465 e. The van der Waals surface area contributed by atoms with Crippen LogP contribution in [0.25, 0.3) is 0 Å². The summed E-state index contributed by atoms with van der Waals surface area (Å²) < 4.78 is 35.5. The minimum atomic E-state index is -3.95. The number of H-pyrrole nitrogens is 1. The van der Waals surface area contributed by atoms with Gasteiger partial charge in [-0.3, -0.25) is 18.9 Å². The number of aliphatic hydroxyl groups is 1. The molecule has 0 saturated heterocycles. The number of nitrogens with one attached hydrogen (secondary N) is 1. The van der Waals surface area contributed by atoms with Gasteiger partial charge in [0.1, 0.15) is 18.0 Å². The van der Waals surface area contributed by atoms with E-state index in [4.69, 9.17) is 18.3 Å². The average molecular weight is 408 g/mol. The van der Waals surface area contributed by atoms with E-state index >= 15 is 0 Å². The number of rotatable bonds is 3. The molecule has 2 unspecified atom stereocenters. The van der Waals surface area contributed by atoms with Crippen LogP contribution in [0, 0.1) is 0 Å². The zero-order chi connectivity index (χ0) is 19.9. The fourth-order valence-electron chi connectivity index (χ4n) is 2.96. The molecule has 0 bridgehead atoms. The summed E-state index contributed by atoms with van der Waals surface area (Å²) in [5.41, 5.74) is -2.91. The number of benzene rings is 1. The van der Waals surface area contributed by atoms with E-state index in [1.54, 1.807) is 30.3 Å². The summed E-state index contributed by atoms with van der Waals surface area (Å²) >= 11 is 0. The van der Waals surface area contributed by atoms with Crippen LogP contribution < -0.4 is 15.8 Å². The average Bonchev–Trinajstić information content (AvgIpc) is 2.62. The first-order valence-corrected chi connectivity index (χ1v) is 9.83. The lowest BCUT2D eigenvalue weighted by molar-refractivity contribution is -0.148. The van der Waals surface area contributed by atoms with Crippen molar-refractivity contribution in [2.75, 3.05) is 6.61 Å². The largest absolute Gasteiger partial charge is 0.587 e. The summed E-state index contributed by atoms with van der Waals surface area (Å²) in [7, 11) is -3.95. The van der Waals surface area contributed by atoms with Crippen LogP contribution in [0.2, 0.25) is 0 Å². The van der Waals surface area contributed by atoms with E-state index in [2.05, 4.69) is 4.98 Å². The Balaban J connectivity index is 1.61. The number of phosphoric ester groups is 1. The molecule has 2 aliphatic heterocycles. The SMILES string of the molecule is CC1(O)CC2=C(COP(=O)(Oc3ccccc3)O2)O[C@H]1n1ccc(=O)[nH]c1=O. The molecule has 2 aromatic rings. The Morgan fingerprint density at radius 3 is 2.71 bits per heavy atom. The highest BCUT2D eigenvalue weighted by molar-refractivity contribution is 7.49. The summed E-state index contributed by atoms with van der Waals surface area (Å²) in [5.74, 6) is 0.595. The summed E-state index contributed by atoms with van der Waals surface area (Å²) in [6.45, 7) is 1.20. The van der Waals surface area contributed by atoms with Gasteiger partial charge in [-0.2, -0.15) is 0 Å². The van der Waals surface area contributed by atoms with Crippen molar-refractivity contribution in [3.8, 4) is 5.75 Å². The van der Waals surface area contributed by atoms with Gasteiger partial charge in [-0.15, -0.1) is 0 Å². The van der Waals surface area contributed by atoms with Crippen molar-refractivity contribution in [2.24, 2.45) is 0 Å². The smallest absolute Gasteiger partial charge is 0.465 e. The number of para-hydroxylation sites is 1. The molecule has 0 radical (unpaired) electrons. The highest BCUT2D eigenvalue weighted by Gasteiger charge is 2.48. The molecule has 0 saturated carbocycles. The predicted molar refractivity (Wildman–Crippen MR) is 95.4 cm³/mol. The monoisotopic (exact) mass is 408 g/mol. The summed E-state index contributed by atoms with van der Waals surface area (Å²) in [4.78, 5) is 25.4. The van der Waals surface area contributed by atoms with Gasteiger partial charge in [0.2, 0.25) is 6.23 Å². The Morgan fingerprint density at radius 1 is 1.25 bits per heavy atom. The van der Waals surface area contributed by atoms with Crippen LogP contribution in [-0.2, 0) is 18.3 Å². The molecule has 0 amide bonds. The van der Waals surface area contributed by atoms with E-state index in [9.17, 15) is 19.3 Å². The predicted octanol–water partition coefficient (Wildman–Crippen LogP) is 1.65. The molecule has 2 N–H and O–H groups in total. The van der Waals surface area contributed by atoms with Gasteiger partial charge in [-0.1, -0.05) is 18.2 Å². The first-order valence-electron chi connectivity index (χ1n) is 8.37. The zero-order valence-corrected chi connectivity index (χ0v) is 15.6. The van der Waals surface area contributed by atoms with Gasteiger partial charge in [0.15, 0.2) is 11.5 Å². The topological polar surface area (TPSA) is 129 Å². The van der Waals surface area contributed by atoms with Crippen LogP contribution in [-0.4, -0.2) is 26.9 Å². The Labute approximate surface area is 158 Å². The fourth-order valence-corrected chi connectivity index (χ4v) is 4.19. The third kappa shape index (κ3) is 3.49. The van der Waals surface area contributed by atoms with Crippen LogP contribution >= 0.6 is 7.82 Å². The van der Waals surface area contributed by atoms with Crippen LogP contribution in [0.5, 0.6) is 5.75 Å². The standard InChI is InChI=1S/C17H17N2O8P/c1-17(22)9-12-13(25-15(17)19-8-7-14(20)18-16(19)21)10-24-28(23,27-12)26-11-5-3-2-4-6-11/h2-8,15,22H,9-10H2,1H3,(H,18,20,21)/t15-,17?,28?/m1/s1. The van der Waals surface area contributed by atoms with E-state index in [-0.39, 0.29) is 24.5 Å². The molecule has 28 heavy (non-hydrogen) atoms. The lowest BCUT2D eigenvalue weighted by Crippen LogP contribution is -2.47. The molecule has 148 valence electrons. The maximum absolute atomic E-state index is 12.8. The van der Waals surface area contributed by atoms with Gasteiger partial charge in [0, 0.05) is 18.7 Å². The second-order valence-electron chi connectivity index (χ2n) is 6.58. The number of aromatic nitrogens is 2. The first kappa shape index (κ1) is 18.5. The second kappa shape index (κ2) is 6.66. The van der Waals surface area contributed by atoms with Crippen molar-refractivity contribution >= 4 is 7.82 Å². The van der Waals surface area contributed by atoms with E-state index in [0.717, 1.165) is 10.6 Å². The summed E-state index contributed by atoms with van der Waals surface area (Å²) in [6.07, 6.45) is -0.0283. The molecule has 1 aromatic heterocycles. The van der Waals surface area contributed by atoms with Gasteiger partial charge in [-0.05, 0) is 19.1 Å². The summed E-state index contributed by atoms with van der Waals surface area (Å²) in [5, 5.41) is 10.8. The Kier molecular flexibility index (Phi) is 4.41. The number of hydrogen-bond donors (Lipinski definition) is 2. The molecule has 3 heterocycles. The fraction of sp³-hybridized carbons (Fsp3) is 0.294. The number of hydrogen-bond acceptors (Lipinski definition) is 8. The molecule has 4 rings (SSSR count). The second-order valence-corrected chi connectivity index (χ2v) is 8.10. The molecular weight excluding hydrogens is 391 g/mol. The lowest BCUT2D eigenvalue weighted by atomic mass is 9.95. The van der Waals surface area contributed by atoms with E-state index < -0.39 is 30.9 Å². The van der Waals surface area contributed by atoms with Gasteiger partial charge < -0.3 is 18.9 Å². The molecule has 2 aliphatic rings. The number of ether oxygens (including phenoxy) is 1. The Bertz CT molecular complexity index is 1090. The van der Waals surface area contributed by atoms with Crippen molar-refractivity contribution < 1.29 is 28.0 Å². The first-order chi connectivity index (χ1) is 13.3. The maximum Gasteiger partial charge on any atom is 0.587 e. The quantitative estimate of drug-likeness (QED) is 0.734. The third-order valence-corrected chi connectivity index (χ3v) is 5.58. The Morgan fingerprint density at radius 2 is 2.00 bits per heavy atom.